The van der Waals surface area contributed by atoms with Gasteiger partial charge in [-0.25, -0.2) is 0 Å². The number of fused-ring (bicyclic) bond motifs is 2. The Hall–Kier alpha value is -3.10. The van der Waals surface area contributed by atoms with Crippen molar-refractivity contribution in [3.63, 3.8) is 0 Å². The van der Waals surface area contributed by atoms with Gasteiger partial charge in [0.15, 0.2) is 0 Å². The fourth-order valence-corrected chi connectivity index (χ4v) is 3.79. The molecule has 1 aliphatic heterocycles. The second-order valence-corrected chi connectivity index (χ2v) is 6.76. The van der Waals surface area contributed by atoms with Crippen LogP contribution in [0.5, 0.6) is 0 Å². The highest BCUT2D eigenvalue weighted by Crippen LogP contribution is 2.41. The van der Waals surface area contributed by atoms with E-state index in [9.17, 15) is 0 Å². The van der Waals surface area contributed by atoms with Crippen molar-refractivity contribution in [3.05, 3.63) is 101 Å². The Balaban J connectivity index is 1.86. The van der Waals surface area contributed by atoms with Gasteiger partial charge in [0, 0.05) is 50.6 Å². The Morgan fingerprint density at radius 2 is 1.73 bits per heavy atom. The topological polar surface area (TPSA) is 28.1 Å². The zero-order valence-electron chi connectivity index (χ0n) is 13.9. The molecule has 2 heterocycles. The minimum atomic E-state index is 0.726. The number of aliphatic imine (C=N–C) groups is 1. The van der Waals surface area contributed by atoms with E-state index >= 15 is 0 Å². The van der Waals surface area contributed by atoms with Crippen molar-refractivity contribution in [1.82, 2.24) is 4.98 Å². The number of hydrogen-bond acceptors (Lipinski definition) is 1. The molecule has 26 heavy (non-hydrogen) atoms. The summed E-state index contributed by atoms with van der Waals surface area (Å²) in [7, 11) is 0. The molecule has 4 aromatic rings. The number of nitrogens with zero attached hydrogens (tertiary/aromatic N) is 1. The maximum atomic E-state index is 6.31. The first-order valence-electron chi connectivity index (χ1n) is 8.51. The van der Waals surface area contributed by atoms with Gasteiger partial charge in [0.05, 0.1) is 5.69 Å². The summed E-state index contributed by atoms with van der Waals surface area (Å²) in [6, 6.07) is 24.6. The van der Waals surface area contributed by atoms with Crippen LogP contribution in [0, 0.1) is 0 Å². The third-order valence-corrected chi connectivity index (χ3v) is 5.00. The number of para-hydroxylation sites is 2. The van der Waals surface area contributed by atoms with Crippen LogP contribution in [0.4, 0.5) is 5.69 Å². The van der Waals surface area contributed by atoms with Crippen LogP contribution in [-0.4, -0.2) is 11.2 Å². The first-order chi connectivity index (χ1) is 12.8. The number of benzene rings is 3. The van der Waals surface area contributed by atoms with Gasteiger partial charge < -0.3 is 4.98 Å². The summed E-state index contributed by atoms with van der Waals surface area (Å²) in [5, 5.41) is 1.91. The molecule has 1 aromatic heterocycles. The van der Waals surface area contributed by atoms with Crippen LogP contribution in [0.25, 0.3) is 22.0 Å². The maximum absolute atomic E-state index is 6.31. The molecule has 2 nitrogen and oxygen atoms in total. The van der Waals surface area contributed by atoms with Gasteiger partial charge in [-0.15, -0.1) is 0 Å². The lowest BCUT2D eigenvalue weighted by atomic mass is 9.90. The lowest BCUT2D eigenvalue weighted by molar-refractivity contribution is 1.46. The lowest BCUT2D eigenvalue weighted by Gasteiger charge is -2.12. The Kier molecular flexibility index (Phi) is 3.51. The van der Waals surface area contributed by atoms with E-state index in [1.54, 1.807) is 0 Å². The molecule has 0 spiro atoms. The highest BCUT2D eigenvalue weighted by Gasteiger charge is 2.20. The highest BCUT2D eigenvalue weighted by molar-refractivity contribution is 6.31. The van der Waals surface area contributed by atoms with Crippen molar-refractivity contribution in [2.24, 2.45) is 4.99 Å². The van der Waals surface area contributed by atoms with Gasteiger partial charge in [-0.3, -0.25) is 4.99 Å². The van der Waals surface area contributed by atoms with Gasteiger partial charge in [-0.05, 0) is 29.8 Å². The van der Waals surface area contributed by atoms with E-state index in [1.807, 2.05) is 42.6 Å². The average molecular weight is 355 g/mol. The zero-order valence-corrected chi connectivity index (χ0v) is 14.7. The molecule has 0 aliphatic carbocycles. The van der Waals surface area contributed by atoms with Crippen LogP contribution < -0.4 is 0 Å². The molecule has 3 aromatic carbocycles. The molecule has 0 radical (unpaired) electrons. The first-order valence-corrected chi connectivity index (χ1v) is 8.89. The molecule has 124 valence electrons. The van der Waals surface area contributed by atoms with Crippen molar-refractivity contribution in [2.45, 2.75) is 0 Å². The first kappa shape index (κ1) is 15.2. The second-order valence-electron chi connectivity index (χ2n) is 6.32. The van der Waals surface area contributed by atoms with E-state index < -0.39 is 0 Å². The van der Waals surface area contributed by atoms with E-state index in [-0.39, 0.29) is 0 Å². The van der Waals surface area contributed by atoms with Gasteiger partial charge in [0.2, 0.25) is 0 Å². The third-order valence-electron chi connectivity index (χ3n) is 4.77. The number of allylic oxidation sites excluding steroid dienone is 1. The minimum Gasteiger partial charge on any atom is -0.361 e. The van der Waals surface area contributed by atoms with Crippen molar-refractivity contribution in [2.75, 3.05) is 0 Å². The molecule has 0 fully saturated rings. The molecule has 0 bridgehead atoms. The summed E-state index contributed by atoms with van der Waals surface area (Å²) >= 11 is 6.31. The summed E-state index contributed by atoms with van der Waals surface area (Å²) in [6.07, 6.45) is 4.03. The van der Waals surface area contributed by atoms with Crippen molar-refractivity contribution >= 4 is 45.6 Å². The Morgan fingerprint density at radius 3 is 2.65 bits per heavy atom. The van der Waals surface area contributed by atoms with Crippen LogP contribution in [0.15, 0.2) is 84.0 Å². The van der Waals surface area contributed by atoms with E-state index in [0.29, 0.717) is 0 Å². The van der Waals surface area contributed by atoms with Gasteiger partial charge in [-0.1, -0.05) is 60.1 Å². The Morgan fingerprint density at radius 1 is 0.885 bits per heavy atom. The van der Waals surface area contributed by atoms with Crippen LogP contribution in [0.1, 0.15) is 16.7 Å². The van der Waals surface area contributed by atoms with Crippen LogP contribution in [0.2, 0.25) is 5.02 Å². The molecule has 1 N–H and O–H groups in total. The molecule has 0 saturated heterocycles. The Bertz CT molecular complexity index is 1200. The minimum absolute atomic E-state index is 0.726. The van der Waals surface area contributed by atoms with Crippen molar-refractivity contribution < 1.29 is 0 Å². The van der Waals surface area contributed by atoms with Crippen molar-refractivity contribution in [1.29, 1.82) is 0 Å². The number of aromatic nitrogens is 1. The number of hydrogen-bond donors (Lipinski definition) is 1. The number of rotatable bonds is 2. The molecule has 0 amide bonds. The van der Waals surface area contributed by atoms with E-state index in [2.05, 4.69) is 52.6 Å². The van der Waals surface area contributed by atoms with E-state index in [1.165, 1.54) is 5.39 Å². The maximum Gasteiger partial charge on any atom is 0.0709 e. The average Bonchev–Trinajstić information content (AvgIpc) is 3.28. The fourth-order valence-electron chi connectivity index (χ4n) is 3.60. The molecule has 0 unspecified atom stereocenters. The molecule has 1 aliphatic rings. The lowest BCUT2D eigenvalue weighted by Crippen LogP contribution is -1.93. The fraction of sp³-hybridized carbons (Fsp3) is 0. The summed E-state index contributed by atoms with van der Waals surface area (Å²) in [5.74, 6) is 0. The summed E-state index contributed by atoms with van der Waals surface area (Å²) < 4.78 is 0. The normalized spacial score (nSPS) is 14.7. The number of H-pyrrole nitrogens is 1. The molecule has 5 rings (SSSR count). The van der Waals surface area contributed by atoms with Crippen LogP contribution in [0.3, 0.4) is 0 Å². The second kappa shape index (κ2) is 6.01. The number of aromatic amines is 1. The Labute approximate surface area is 156 Å². The molecule has 3 heteroatoms. The number of halogens is 1. The van der Waals surface area contributed by atoms with Gasteiger partial charge in [0.25, 0.3) is 0 Å². The molecular weight excluding hydrogens is 340 g/mol. The molecule has 0 atom stereocenters. The smallest absolute Gasteiger partial charge is 0.0709 e. The van der Waals surface area contributed by atoms with Crippen LogP contribution >= 0.6 is 11.6 Å². The van der Waals surface area contributed by atoms with Gasteiger partial charge in [0.1, 0.15) is 0 Å². The summed E-state index contributed by atoms with van der Waals surface area (Å²) in [6.45, 7) is 0. The standard InChI is InChI=1S/C23H15ClN2/c24-16-7-5-6-15(12-16)23(19-13-25-21-10-3-1-8-17(19)21)20-14-26-22-11-4-2-9-18(20)22/h1-14,25H/b23-20+. The molecular formula is C23H15ClN2. The quantitative estimate of drug-likeness (QED) is 0.426. The van der Waals surface area contributed by atoms with E-state index in [0.717, 1.165) is 44.1 Å². The molecule has 0 saturated carbocycles. The SMILES string of the molecule is Clc1cccc(/C(=C2/C=Nc3ccccc32)c2c[nH]c3ccccc23)c1. The number of nitrogens with one attached hydrogen (secondary N) is 1. The van der Waals surface area contributed by atoms with Gasteiger partial charge >= 0.3 is 0 Å². The summed E-state index contributed by atoms with van der Waals surface area (Å²) in [4.78, 5) is 8.00. The summed E-state index contributed by atoms with van der Waals surface area (Å²) in [5.41, 5.74) is 7.76. The largest absolute Gasteiger partial charge is 0.361 e. The van der Waals surface area contributed by atoms with E-state index in [4.69, 9.17) is 11.6 Å². The predicted octanol–water partition coefficient (Wildman–Crippen LogP) is 6.50. The van der Waals surface area contributed by atoms with Gasteiger partial charge in [-0.2, -0.15) is 0 Å². The predicted molar refractivity (Wildman–Crippen MR) is 110 cm³/mol. The third kappa shape index (κ3) is 2.39. The van der Waals surface area contributed by atoms with Crippen molar-refractivity contribution in [3.8, 4) is 0 Å². The van der Waals surface area contributed by atoms with Crippen LogP contribution in [-0.2, 0) is 0 Å². The zero-order chi connectivity index (χ0) is 17.5. The highest BCUT2D eigenvalue weighted by atomic mass is 35.5. The monoisotopic (exact) mass is 354 g/mol.